The zero-order valence-electron chi connectivity index (χ0n) is 23.5. The Morgan fingerprint density at radius 3 is 2.31 bits per heavy atom. The Kier molecular flexibility index (Phi) is 7.24. The molecule has 0 fully saturated rings. The Bertz CT molecular complexity index is 1010. The molecule has 0 radical (unpaired) electrons. The van der Waals surface area contributed by atoms with Gasteiger partial charge in [0.15, 0.2) is 0 Å². The maximum Gasteiger partial charge on any atom is 0.417 e. The normalized spacial score (nSPS) is 26.3. The molecule has 2 rings (SSSR count). The summed E-state index contributed by atoms with van der Waals surface area (Å²) in [7, 11) is -1.50. The van der Waals surface area contributed by atoms with E-state index in [1.54, 1.807) is 19.2 Å². The van der Waals surface area contributed by atoms with Crippen LogP contribution < -0.4 is 5.73 Å². The number of carbonyl (C=O) groups excluding carboxylic acids is 1. The number of aliphatic imine (C=N–C) groups is 1. The van der Waals surface area contributed by atoms with Crippen molar-refractivity contribution < 1.29 is 23.4 Å². The van der Waals surface area contributed by atoms with Crippen molar-refractivity contribution in [3.63, 3.8) is 0 Å². The molecule has 0 unspecified atom stereocenters. The van der Waals surface area contributed by atoms with Crippen molar-refractivity contribution in [3.8, 4) is 0 Å². The summed E-state index contributed by atoms with van der Waals surface area (Å²) < 4.78 is 31.3. The summed E-state index contributed by atoms with van der Waals surface area (Å²) in [6, 6.07) is 4.57. The van der Waals surface area contributed by atoms with Gasteiger partial charge in [-0.3, -0.25) is 13.3 Å². The van der Waals surface area contributed by atoms with Gasteiger partial charge in [0.25, 0.3) is 0 Å². The van der Waals surface area contributed by atoms with Crippen molar-refractivity contribution >= 4 is 25.9 Å². The first-order valence-electron chi connectivity index (χ1n) is 11.8. The molecular weight excluding hydrogens is 469 g/mol. The van der Waals surface area contributed by atoms with Crippen LogP contribution in [-0.2, 0) is 19.7 Å². The molecule has 1 aromatic rings. The van der Waals surface area contributed by atoms with Crippen molar-refractivity contribution in [2.75, 3.05) is 63.6 Å². The number of hydrogen-bond donors (Lipinski definition) is 1. The van der Waals surface area contributed by atoms with Crippen LogP contribution in [0.4, 0.5) is 14.9 Å². The second kappa shape index (κ2) is 8.63. The maximum atomic E-state index is 15.2. The highest BCUT2D eigenvalue weighted by Crippen LogP contribution is 2.89. The molecule has 1 amide bonds. The maximum absolute atomic E-state index is 15.2. The van der Waals surface area contributed by atoms with Gasteiger partial charge in [0.05, 0.1) is 18.8 Å². The Hall–Kier alpha value is -1.84. The topological polar surface area (TPSA) is 86.4 Å². The van der Waals surface area contributed by atoms with Crippen LogP contribution in [0.3, 0.4) is 0 Å². The molecule has 1 aromatic carbocycles. The van der Waals surface area contributed by atoms with Gasteiger partial charge >= 0.3 is 6.09 Å². The number of carbonyl (C=O) groups is 1. The summed E-state index contributed by atoms with van der Waals surface area (Å²) in [5.74, 6) is 0.741. The minimum absolute atomic E-state index is 0.0656. The van der Waals surface area contributed by atoms with Crippen molar-refractivity contribution in [1.82, 2.24) is 4.90 Å². The third kappa shape index (κ3) is 5.94. The fraction of sp³-hybridized carbons (Fsp3) is 0.692. The standard InChI is InChI=1S/C26H46FN3O4S/c1-24(2,3)34-23(31)30(18-33-15-14-32-7)22-25(4,5)35(8,9,10,11)17-26(6,29-22)20-16-19(28)12-13-21(20)27/h12-13,16H,14-15,17-18,28H2,1-11H3/t26-/m0/s1. The molecule has 202 valence electrons. The molecule has 9 heteroatoms. The van der Waals surface area contributed by atoms with E-state index in [1.165, 1.54) is 11.0 Å². The van der Waals surface area contributed by atoms with Crippen LogP contribution in [0.5, 0.6) is 0 Å². The molecule has 0 spiro atoms. The zero-order chi connectivity index (χ0) is 27.2. The van der Waals surface area contributed by atoms with E-state index >= 15 is 4.39 Å². The molecule has 0 saturated heterocycles. The third-order valence-corrected chi connectivity index (χ3v) is 14.2. The molecule has 1 aliphatic rings. The van der Waals surface area contributed by atoms with Crippen LogP contribution in [-0.4, -0.2) is 85.0 Å². The third-order valence-electron chi connectivity index (χ3n) is 7.32. The lowest BCUT2D eigenvalue weighted by atomic mass is 9.92. The average Bonchev–Trinajstić information content (AvgIpc) is 2.64. The van der Waals surface area contributed by atoms with Crippen molar-refractivity contribution in [3.05, 3.63) is 29.6 Å². The monoisotopic (exact) mass is 515 g/mol. The van der Waals surface area contributed by atoms with Crippen molar-refractivity contribution in [2.24, 2.45) is 4.99 Å². The van der Waals surface area contributed by atoms with E-state index in [4.69, 9.17) is 24.9 Å². The van der Waals surface area contributed by atoms with Gasteiger partial charge in [-0.25, -0.2) is 14.1 Å². The summed E-state index contributed by atoms with van der Waals surface area (Å²) in [6.45, 7) is 12.2. The predicted molar refractivity (Wildman–Crippen MR) is 147 cm³/mol. The number of ether oxygens (including phenoxy) is 3. The van der Waals surface area contributed by atoms with Crippen molar-refractivity contribution in [1.29, 1.82) is 0 Å². The van der Waals surface area contributed by atoms with Gasteiger partial charge in [-0.05, 0) is 90.5 Å². The van der Waals surface area contributed by atoms with Crippen LogP contribution in [0.1, 0.15) is 47.1 Å². The number of halogens is 1. The minimum Gasteiger partial charge on any atom is -0.443 e. The molecule has 2 N–H and O–H groups in total. The van der Waals surface area contributed by atoms with Crippen molar-refractivity contribution in [2.45, 2.75) is 57.4 Å². The Labute approximate surface area is 209 Å². The number of rotatable bonds is 6. The lowest BCUT2D eigenvalue weighted by Gasteiger charge is -2.81. The second-order valence-electron chi connectivity index (χ2n) is 13.6. The molecule has 0 aliphatic carbocycles. The Morgan fingerprint density at radius 1 is 1.17 bits per heavy atom. The van der Waals surface area contributed by atoms with Crippen LogP contribution in [0, 0.1) is 5.82 Å². The number of hydrogen-bond acceptors (Lipinski definition) is 6. The van der Waals surface area contributed by atoms with Gasteiger partial charge in [-0.2, -0.15) is 0 Å². The summed E-state index contributed by atoms with van der Waals surface area (Å²) >= 11 is 0. The van der Waals surface area contributed by atoms with E-state index in [1.807, 2.05) is 27.7 Å². The highest BCUT2D eigenvalue weighted by molar-refractivity contribution is 8.64. The van der Waals surface area contributed by atoms with Gasteiger partial charge in [0.2, 0.25) is 0 Å². The molecule has 7 nitrogen and oxygen atoms in total. The van der Waals surface area contributed by atoms with E-state index in [9.17, 15) is 4.79 Å². The second-order valence-corrected chi connectivity index (χ2v) is 24.0. The van der Waals surface area contributed by atoms with E-state index in [2.05, 4.69) is 38.9 Å². The first kappa shape index (κ1) is 29.4. The van der Waals surface area contributed by atoms with Gasteiger partial charge < -0.3 is 19.9 Å². The van der Waals surface area contributed by atoms with Crippen LogP contribution in [0.15, 0.2) is 23.2 Å². The Balaban J connectivity index is 2.80. The SMILES string of the molecule is COCCOCN(C(=O)OC(C)(C)C)C1=N[C@](C)(c2cc(N)ccc2F)CS(C)(C)(C)(C)C1(C)C. The highest BCUT2D eigenvalue weighted by atomic mass is 32.4. The minimum atomic E-state index is -3.09. The molecular formula is C26H46FN3O4S. The average molecular weight is 516 g/mol. The lowest BCUT2D eigenvalue weighted by Crippen LogP contribution is -2.67. The summed E-state index contributed by atoms with van der Waals surface area (Å²) in [5.41, 5.74) is 5.25. The molecule has 35 heavy (non-hydrogen) atoms. The van der Waals surface area contributed by atoms with Gasteiger partial charge in [-0.15, -0.1) is 0 Å². The predicted octanol–water partition coefficient (Wildman–Crippen LogP) is 5.07. The number of methoxy groups -OCH3 is 1. The molecule has 1 aliphatic heterocycles. The molecule has 1 atom stereocenters. The smallest absolute Gasteiger partial charge is 0.417 e. The summed E-state index contributed by atoms with van der Waals surface area (Å²) in [4.78, 5) is 20.1. The lowest BCUT2D eigenvalue weighted by molar-refractivity contribution is -0.00308. The molecule has 0 aromatic heterocycles. The largest absolute Gasteiger partial charge is 0.443 e. The first-order valence-corrected chi connectivity index (χ1v) is 16.0. The van der Waals surface area contributed by atoms with E-state index in [-0.39, 0.29) is 12.5 Å². The number of benzene rings is 1. The number of nitrogen functional groups attached to an aromatic ring is 1. The van der Waals surface area contributed by atoms with Gasteiger partial charge in [0.1, 0.15) is 24.0 Å². The fourth-order valence-corrected chi connectivity index (χ4v) is 8.70. The zero-order valence-corrected chi connectivity index (χ0v) is 24.3. The van der Waals surface area contributed by atoms with Gasteiger partial charge in [0, 0.05) is 23.1 Å². The van der Waals surface area contributed by atoms with Crippen LogP contribution in [0.25, 0.3) is 0 Å². The van der Waals surface area contributed by atoms with E-state index in [0.29, 0.717) is 36.1 Å². The number of nitrogens with two attached hydrogens (primary N) is 1. The van der Waals surface area contributed by atoms with E-state index in [0.717, 1.165) is 0 Å². The highest BCUT2D eigenvalue weighted by Gasteiger charge is 2.65. The Morgan fingerprint density at radius 2 is 1.77 bits per heavy atom. The summed E-state index contributed by atoms with van der Waals surface area (Å²) in [6.07, 6.45) is 8.48. The molecule has 1 heterocycles. The summed E-state index contributed by atoms with van der Waals surface area (Å²) in [5, 5.41) is 0. The van der Waals surface area contributed by atoms with Gasteiger partial charge in [-0.1, -0.05) is 0 Å². The quantitative estimate of drug-likeness (QED) is 0.325. The molecule has 0 bridgehead atoms. The van der Waals surface area contributed by atoms with Crippen LogP contribution in [0.2, 0.25) is 0 Å². The number of nitrogens with zero attached hydrogens (tertiary/aromatic N) is 2. The molecule has 0 saturated carbocycles. The first-order chi connectivity index (χ1) is 15.6. The van der Waals surface area contributed by atoms with Crippen LogP contribution >= 0.6 is 8.29 Å². The number of anilines is 1. The van der Waals surface area contributed by atoms with E-state index < -0.39 is 30.3 Å². The number of amides is 1. The fourth-order valence-electron chi connectivity index (χ4n) is 4.57. The number of amidine groups is 1.